The number of amides is 1. The quantitative estimate of drug-likeness (QED) is 0.735. The summed E-state index contributed by atoms with van der Waals surface area (Å²) in [4.78, 5) is 14.3. The average Bonchev–Trinajstić information content (AvgIpc) is 3.27. The lowest BCUT2D eigenvalue weighted by atomic mass is 10.2. The van der Waals surface area contributed by atoms with Gasteiger partial charge in [0.15, 0.2) is 5.82 Å². The maximum atomic E-state index is 12.5. The molecule has 1 aliphatic heterocycles. The second kappa shape index (κ2) is 6.55. The molecule has 0 bridgehead atoms. The lowest BCUT2D eigenvalue weighted by Gasteiger charge is -2.27. The van der Waals surface area contributed by atoms with Gasteiger partial charge in [-0.15, -0.1) is 10.2 Å². The molecule has 1 aliphatic rings. The molecule has 6 nitrogen and oxygen atoms in total. The first-order valence-electron chi connectivity index (χ1n) is 8.51. The molecule has 0 saturated carbocycles. The van der Waals surface area contributed by atoms with Crippen molar-refractivity contribution in [1.82, 2.24) is 19.7 Å². The first-order valence-corrected chi connectivity index (χ1v) is 8.51. The summed E-state index contributed by atoms with van der Waals surface area (Å²) in [6.07, 6.45) is 1.04. The van der Waals surface area contributed by atoms with Crippen LogP contribution in [0.4, 0.5) is 0 Å². The largest absolute Gasteiger partial charge is 0.461 e. The number of carbonyl (C=O) groups excluding carboxylic acids is 1. The molecule has 3 heterocycles. The fourth-order valence-electron chi connectivity index (χ4n) is 3.17. The van der Waals surface area contributed by atoms with Gasteiger partial charge in [0.1, 0.15) is 17.3 Å². The Balaban J connectivity index is 1.36. The third kappa shape index (κ3) is 3.20. The standard InChI is InChI=1S/C19H20N4O2/c1-14-20-21-18-13-22(11-12-23(14)18)19(24)10-8-16-7-9-17(25-16)15-5-3-2-4-6-15/h2-7,9H,8,10-13H2,1H3. The van der Waals surface area contributed by atoms with E-state index in [1.54, 1.807) is 0 Å². The molecular weight excluding hydrogens is 316 g/mol. The topological polar surface area (TPSA) is 64.2 Å². The second-order valence-corrected chi connectivity index (χ2v) is 6.26. The fraction of sp³-hybridized carbons (Fsp3) is 0.316. The van der Waals surface area contributed by atoms with Crippen molar-refractivity contribution < 1.29 is 9.21 Å². The Kier molecular flexibility index (Phi) is 4.09. The van der Waals surface area contributed by atoms with Crippen LogP contribution < -0.4 is 0 Å². The van der Waals surface area contributed by atoms with Crippen LogP contribution in [0.5, 0.6) is 0 Å². The van der Waals surface area contributed by atoms with Crippen molar-refractivity contribution in [2.75, 3.05) is 6.54 Å². The zero-order valence-corrected chi connectivity index (χ0v) is 14.2. The molecule has 0 aliphatic carbocycles. The highest BCUT2D eigenvalue weighted by Crippen LogP contribution is 2.22. The predicted molar refractivity (Wildman–Crippen MR) is 92.6 cm³/mol. The van der Waals surface area contributed by atoms with E-state index in [1.165, 1.54) is 0 Å². The zero-order valence-electron chi connectivity index (χ0n) is 14.2. The molecule has 1 aromatic carbocycles. The van der Waals surface area contributed by atoms with E-state index in [2.05, 4.69) is 14.8 Å². The molecule has 128 valence electrons. The molecule has 0 atom stereocenters. The van der Waals surface area contributed by atoms with E-state index in [0.717, 1.165) is 35.3 Å². The van der Waals surface area contributed by atoms with Crippen LogP contribution in [0.15, 0.2) is 46.9 Å². The molecule has 25 heavy (non-hydrogen) atoms. The van der Waals surface area contributed by atoms with Crippen LogP contribution in [0.2, 0.25) is 0 Å². The number of aryl methyl sites for hydroxylation is 2. The SMILES string of the molecule is Cc1nnc2n1CCN(C(=O)CCc1ccc(-c3ccccc3)o1)C2. The molecular formula is C19H20N4O2. The van der Waals surface area contributed by atoms with Crippen molar-refractivity contribution >= 4 is 5.91 Å². The van der Waals surface area contributed by atoms with Crippen LogP contribution >= 0.6 is 0 Å². The van der Waals surface area contributed by atoms with Crippen molar-refractivity contribution in [3.8, 4) is 11.3 Å². The van der Waals surface area contributed by atoms with Crippen molar-refractivity contribution in [3.63, 3.8) is 0 Å². The highest BCUT2D eigenvalue weighted by molar-refractivity contribution is 5.76. The smallest absolute Gasteiger partial charge is 0.223 e. The molecule has 2 aromatic heterocycles. The first kappa shape index (κ1) is 15.6. The molecule has 3 aromatic rings. The second-order valence-electron chi connectivity index (χ2n) is 6.26. The number of furan rings is 1. The Bertz CT molecular complexity index is 882. The molecule has 6 heteroatoms. The number of rotatable bonds is 4. The van der Waals surface area contributed by atoms with Gasteiger partial charge in [-0.05, 0) is 19.1 Å². The zero-order chi connectivity index (χ0) is 17.2. The molecule has 0 N–H and O–H groups in total. The minimum absolute atomic E-state index is 0.129. The van der Waals surface area contributed by atoms with E-state index in [0.29, 0.717) is 25.9 Å². The lowest BCUT2D eigenvalue weighted by molar-refractivity contribution is -0.132. The number of benzene rings is 1. The fourth-order valence-corrected chi connectivity index (χ4v) is 3.17. The summed E-state index contributed by atoms with van der Waals surface area (Å²) >= 11 is 0. The normalized spacial score (nSPS) is 13.7. The van der Waals surface area contributed by atoms with Gasteiger partial charge in [-0.25, -0.2) is 0 Å². The third-order valence-electron chi connectivity index (χ3n) is 4.60. The van der Waals surface area contributed by atoms with Crippen molar-refractivity contribution in [3.05, 3.63) is 59.9 Å². The number of aromatic nitrogens is 3. The average molecular weight is 336 g/mol. The number of carbonyl (C=O) groups is 1. The lowest BCUT2D eigenvalue weighted by Crippen LogP contribution is -2.38. The Labute approximate surface area is 146 Å². The monoisotopic (exact) mass is 336 g/mol. The van der Waals surface area contributed by atoms with Crippen LogP contribution in [0.1, 0.15) is 23.8 Å². The van der Waals surface area contributed by atoms with Crippen LogP contribution in [0, 0.1) is 6.92 Å². The molecule has 0 unspecified atom stereocenters. The summed E-state index contributed by atoms with van der Waals surface area (Å²) in [6, 6.07) is 13.9. The highest BCUT2D eigenvalue weighted by Gasteiger charge is 2.23. The molecule has 4 rings (SSSR count). The maximum absolute atomic E-state index is 12.5. The summed E-state index contributed by atoms with van der Waals surface area (Å²) in [5.41, 5.74) is 1.05. The van der Waals surface area contributed by atoms with Gasteiger partial charge in [0, 0.05) is 31.5 Å². The van der Waals surface area contributed by atoms with Gasteiger partial charge in [-0.2, -0.15) is 0 Å². The third-order valence-corrected chi connectivity index (χ3v) is 4.60. The van der Waals surface area contributed by atoms with Gasteiger partial charge in [0.25, 0.3) is 0 Å². The van der Waals surface area contributed by atoms with Gasteiger partial charge in [-0.3, -0.25) is 4.79 Å². The Morgan fingerprint density at radius 3 is 2.80 bits per heavy atom. The number of hydrogen-bond donors (Lipinski definition) is 0. The maximum Gasteiger partial charge on any atom is 0.223 e. The van der Waals surface area contributed by atoms with Gasteiger partial charge in [-0.1, -0.05) is 30.3 Å². The van der Waals surface area contributed by atoms with Gasteiger partial charge in [0.05, 0.1) is 6.54 Å². The van der Waals surface area contributed by atoms with Gasteiger partial charge >= 0.3 is 0 Å². The Morgan fingerprint density at radius 2 is 1.96 bits per heavy atom. The van der Waals surface area contributed by atoms with E-state index < -0.39 is 0 Å². The predicted octanol–water partition coefficient (Wildman–Crippen LogP) is 2.82. The number of fused-ring (bicyclic) bond motifs is 1. The summed E-state index contributed by atoms with van der Waals surface area (Å²) in [5.74, 6) is 3.57. The van der Waals surface area contributed by atoms with Crippen LogP contribution in [-0.4, -0.2) is 32.1 Å². The summed E-state index contributed by atoms with van der Waals surface area (Å²) < 4.78 is 7.94. The minimum Gasteiger partial charge on any atom is -0.461 e. The van der Waals surface area contributed by atoms with Gasteiger partial charge in [0.2, 0.25) is 5.91 Å². The number of hydrogen-bond acceptors (Lipinski definition) is 4. The van der Waals surface area contributed by atoms with E-state index in [-0.39, 0.29) is 5.91 Å². The van der Waals surface area contributed by atoms with E-state index >= 15 is 0 Å². The van der Waals surface area contributed by atoms with E-state index in [9.17, 15) is 4.79 Å². The summed E-state index contributed by atoms with van der Waals surface area (Å²) in [5, 5.41) is 8.22. The van der Waals surface area contributed by atoms with Crippen molar-refractivity contribution in [2.24, 2.45) is 0 Å². The molecule has 0 radical (unpaired) electrons. The van der Waals surface area contributed by atoms with Crippen LogP contribution in [0.3, 0.4) is 0 Å². The Hall–Kier alpha value is -2.89. The molecule has 0 fully saturated rings. The minimum atomic E-state index is 0.129. The molecule has 0 spiro atoms. The van der Waals surface area contributed by atoms with Crippen molar-refractivity contribution in [1.29, 1.82) is 0 Å². The highest BCUT2D eigenvalue weighted by atomic mass is 16.3. The van der Waals surface area contributed by atoms with Crippen LogP contribution in [0.25, 0.3) is 11.3 Å². The number of nitrogens with zero attached hydrogens (tertiary/aromatic N) is 4. The summed E-state index contributed by atoms with van der Waals surface area (Å²) in [6.45, 7) is 3.94. The van der Waals surface area contributed by atoms with E-state index in [4.69, 9.17) is 4.42 Å². The van der Waals surface area contributed by atoms with Crippen molar-refractivity contribution in [2.45, 2.75) is 32.9 Å². The molecule has 0 saturated heterocycles. The van der Waals surface area contributed by atoms with Gasteiger partial charge < -0.3 is 13.9 Å². The molecule has 1 amide bonds. The summed E-state index contributed by atoms with van der Waals surface area (Å²) in [7, 11) is 0. The first-order chi connectivity index (χ1) is 12.2. The Morgan fingerprint density at radius 1 is 1.12 bits per heavy atom. The van der Waals surface area contributed by atoms with E-state index in [1.807, 2.05) is 54.3 Å². The van der Waals surface area contributed by atoms with Crippen LogP contribution in [-0.2, 0) is 24.3 Å².